The van der Waals surface area contributed by atoms with Crippen molar-refractivity contribution in [2.24, 2.45) is 0 Å². The average molecular weight is 521 g/mol. The molecule has 0 radical (unpaired) electrons. The Bertz CT molecular complexity index is 966. The van der Waals surface area contributed by atoms with Crippen LogP contribution in [0.5, 0.6) is 0 Å². The van der Waals surface area contributed by atoms with E-state index in [1.54, 1.807) is 23.3 Å². The summed E-state index contributed by atoms with van der Waals surface area (Å²) in [6.07, 6.45) is 0. The van der Waals surface area contributed by atoms with Crippen molar-refractivity contribution < 1.29 is 48.1 Å². The third-order valence-electron chi connectivity index (χ3n) is 4.76. The van der Waals surface area contributed by atoms with Gasteiger partial charge in [-0.2, -0.15) is 12.1 Å². The zero-order valence-corrected chi connectivity index (χ0v) is 23.2. The van der Waals surface area contributed by atoms with Crippen LogP contribution < -0.4 is 24.8 Å². The maximum atomic E-state index is 2.36. The Hall–Kier alpha value is -0.660. The summed E-state index contributed by atoms with van der Waals surface area (Å²) >= 11 is 1.77. The maximum Gasteiger partial charge on any atom is -0.0488 e. The summed E-state index contributed by atoms with van der Waals surface area (Å²) < 4.78 is 0. The van der Waals surface area contributed by atoms with Crippen LogP contribution in [0.3, 0.4) is 0 Å². The number of aryl methyl sites for hydroxylation is 4. The molecule has 0 aliphatic heterocycles. The van der Waals surface area contributed by atoms with Crippen molar-refractivity contribution in [3.63, 3.8) is 0 Å². The van der Waals surface area contributed by atoms with Crippen molar-refractivity contribution in [1.82, 2.24) is 0 Å². The average Bonchev–Trinajstić information content (AvgIpc) is 3.19. The fourth-order valence-corrected chi connectivity index (χ4v) is 3.08. The van der Waals surface area contributed by atoms with Crippen LogP contribution in [0.4, 0.5) is 0 Å². The zero-order chi connectivity index (χ0) is 20.0. The summed E-state index contributed by atoms with van der Waals surface area (Å²) in [6.45, 7) is 13.2. The maximum absolute atomic E-state index is 2.36. The molecule has 0 saturated heterocycles. The van der Waals surface area contributed by atoms with Crippen molar-refractivity contribution in [2.75, 3.05) is 0 Å². The number of hydrogen-bond acceptors (Lipinski definition) is 0. The Morgan fingerprint density at radius 3 is 1.38 bits per heavy atom. The van der Waals surface area contributed by atoms with Gasteiger partial charge in [0.2, 0.25) is 0 Å². The molecule has 0 aliphatic rings. The van der Waals surface area contributed by atoms with Crippen molar-refractivity contribution in [2.45, 2.75) is 47.2 Å². The molecule has 4 aromatic carbocycles. The van der Waals surface area contributed by atoms with Gasteiger partial charge >= 0.3 is 48.3 Å². The van der Waals surface area contributed by atoms with Crippen molar-refractivity contribution in [1.29, 1.82) is 0 Å². The molecule has 0 bridgehead atoms. The fraction of sp³-hybridized carbons (Fsp3) is 0.280. The molecule has 0 spiro atoms. The Labute approximate surface area is 204 Å². The first kappa shape index (κ1) is 28.3. The first-order valence-electron chi connectivity index (χ1n) is 9.61. The summed E-state index contributed by atoms with van der Waals surface area (Å²) in [5.41, 5.74) is 5.67. The molecule has 0 amide bonds. The van der Waals surface area contributed by atoms with Gasteiger partial charge in [0.1, 0.15) is 0 Å². The molecule has 154 valence electrons. The van der Waals surface area contributed by atoms with E-state index in [0.29, 0.717) is 0 Å². The zero-order valence-electron chi connectivity index (χ0n) is 18.2. The van der Waals surface area contributed by atoms with Gasteiger partial charge in [0.25, 0.3) is 0 Å². The predicted molar refractivity (Wildman–Crippen MR) is 120 cm³/mol. The molecule has 4 aromatic rings. The summed E-state index contributed by atoms with van der Waals surface area (Å²) in [5, 5.41) is 5.51. The van der Waals surface area contributed by atoms with E-state index in [0.717, 1.165) is 0 Å². The molecule has 0 heterocycles. The molecule has 4 heteroatoms. The summed E-state index contributed by atoms with van der Waals surface area (Å²) in [5.74, 6) is 0. The number of hydrogen-bond donors (Lipinski definition) is 0. The molecule has 0 atom stereocenters. The number of halogens is 2. The predicted octanol–water partition coefficient (Wildman–Crippen LogP) is 1.53. The summed E-state index contributed by atoms with van der Waals surface area (Å²) in [4.78, 5) is 0. The molecule has 0 saturated carbocycles. The van der Waals surface area contributed by atoms with Crippen LogP contribution in [0.1, 0.15) is 29.2 Å². The van der Waals surface area contributed by atoms with Crippen molar-refractivity contribution in [3.05, 3.63) is 82.9 Å². The van der Waals surface area contributed by atoms with Gasteiger partial charge in [0, 0.05) is 0 Å². The summed E-state index contributed by atoms with van der Waals surface area (Å²) in [6, 6.07) is 23.2. The smallest absolute Gasteiger partial charge is 0.0488 e. The van der Waals surface area contributed by atoms with Crippen LogP contribution in [0, 0.1) is 27.7 Å². The molecule has 0 unspecified atom stereocenters. The van der Waals surface area contributed by atoms with Gasteiger partial charge in [-0.1, -0.05) is 37.1 Å². The number of benzene rings is 2. The van der Waals surface area contributed by atoms with Crippen molar-refractivity contribution in [3.8, 4) is 0 Å². The van der Waals surface area contributed by atoms with Crippen LogP contribution in [0.15, 0.2) is 60.7 Å². The molecule has 0 nitrogen and oxygen atoms in total. The van der Waals surface area contributed by atoms with Crippen molar-refractivity contribution >= 4 is 27.0 Å². The van der Waals surface area contributed by atoms with Gasteiger partial charge in [0.15, 0.2) is 0 Å². The molecule has 4 rings (SSSR count). The SMILES string of the molecule is CC[Si](C)=[Zr+2].Cc1cc2c(C)cccc2[cH-]1.Cc1cc2c(C)cccc2[cH-]1.[Cl-].[Cl-]. The molecular weight excluding hydrogens is 490 g/mol. The van der Waals surface area contributed by atoms with E-state index in [4.69, 9.17) is 0 Å². The molecular formula is C25H30Cl2SiZr-2. The topological polar surface area (TPSA) is 0 Å². The Morgan fingerprint density at radius 2 is 1.10 bits per heavy atom. The van der Waals surface area contributed by atoms with E-state index in [2.05, 4.69) is 102 Å². The standard InChI is InChI=1S/2C11H11.C3H8Si.2ClH.Zr/c2*1-8-6-10-5-3-4-9(2)11(10)7-8;1-3-4-2;;;/h2*3-7H,1-2H3;3H2,1-2H3;2*1H;/q2*-1;;;;+2/p-2. The first-order chi connectivity index (χ1) is 12.8. The van der Waals surface area contributed by atoms with Crippen LogP contribution in [0.2, 0.25) is 12.6 Å². The van der Waals surface area contributed by atoms with E-state index in [1.807, 2.05) is 0 Å². The van der Waals surface area contributed by atoms with Gasteiger partial charge in [-0.25, -0.2) is 0 Å². The van der Waals surface area contributed by atoms with E-state index >= 15 is 0 Å². The number of rotatable bonds is 1. The van der Waals surface area contributed by atoms with Gasteiger partial charge in [0.05, 0.1) is 0 Å². The van der Waals surface area contributed by atoms with E-state index in [1.165, 1.54) is 49.8 Å². The molecule has 0 aromatic heterocycles. The quantitative estimate of drug-likeness (QED) is 0.264. The van der Waals surface area contributed by atoms with Crippen LogP contribution in [-0.4, -0.2) is 5.43 Å². The second kappa shape index (κ2) is 13.6. The Kier molecular flexibility index (Phi) is 13.3. The van der Waals surface area contributed by atoms with Gasteiger partial charge < -0.3 is 24.8 Å². The molecule has 29 heavy (non-hydrogen) atoms. The Balaban J connectivity index is 0.000000420. The third-order valence-corrected chi connectivity index (χ3v) is 8.42. The second-order valence-electron chi connectivity index (χ2n) is 7.35. The van der Waals surface area contributed by atoms with Gasteiger partial charge in [-0.15, -0.1) is 69.1 Å². The second-order valence-corrected chi connectivity index (χ2v) is 15.9. The van der Waals surface area contributed by atoms with E-state index in [9.17, 15) is 0 Å². The largest absolute Gasteiger partial charge is 1.00 e. The molecule has 0 aliphatic carbocycles. The normalized spacial score (nSPS) is 9.52. The van der Waals surface area contributed by atoms with E-state index in [-0.39, 0.29) is 30.2 Å². The molecule has 0 fully saturated rings. The number of fused-ring (bicyclic) bond motifs is 2. The van der Waals surface area contributed by atoms with Gasteiger partial charge in [-0.05, 0) is 13.8 Å². The minimum atomic E-state index is 0. The van der Waals surface area contributed by atoms with E-state index < -0.39 is 0 Å². The summed E-state index contributed by atoms with van der Waals surface area (Å²) in [7, 11) is 0. The monoisotopic (exact) mass is 518 g/mol. The first-order valence-corrected chi connectivity index (χ1v) is 15.5. The van der Waals surface area contributed by atoms with Crippen LogP contribution in [-0.2, 0) is 23.3 Å². The minimum absolute atomic E-state index is 0. The molecule has 0 N–H and O–H groups in total. The van der Waals surface area contributed by atoms with Gasteiger partial charge in [-0.3, -0.25) is 0 Å². The third kappa shape index (κ3) is 8.54. The Morgan fingerprint density at radius 1 is 0.759 bits per heavy atom. The minimum Gasteiger partial charge on any atom is -1.00 e. The van der Waals surface area contributed by atoms with Crippen LogP contribution >= 0.6 is 0 Å². The fourth-order valence-electron chi connectivity index (χ4n) is 3.08. The van der Waals surface area contributed by atoms with Crippen LogP contribution in [0.25, 0.3) is 21.5 Å².